The van der Waals surface area contributed by atoms with E-state index in [-0.39, 0.29) is 11.7 Å². The van der Waals surface area contributed by atoms with E-state index in [9.17, 15) is 10.1 Å². The van der Waals surface area contributed by atoms with Crippen molar-refractivity contribution in [3.05, 3.63) is 63.8 Å². The number of allylic oxidation sites excluding steroid dienone is 1. The van der Waals surface area contributed by atoms with Crippen LogP contribution in [0.2, 0.25) is 5.02 Å². The lowest BCUT2D eigenvalue weighted by molar-refractivity contribution is -0.113. The SMILES string of the molecule is C=CCn1c(SCC(=O)Nc2sc3c(c2C#N)CCCC3)nnc1C(C)Oc1ccccc1Cl. The van der Waals surface area contributed by atoms with Gasteiger partial charge >= 0.3 is 0 Å². The molecule has 0 spiro atoms. The van der Waals surface area contributed by atoms with Gasteiger partial charge in [0.15, 0.2) is 17.1 Å². The predicted octanol–water partition coefficient (Wildman–Crippen LogP) is 5.80. The van der Waals surface area contributed by atoms with E-state index < -0.39 is 6.10 Å². The molecule has 3 aromatic rings. The van der Waals surface area contributed by atoms with Gasteiger partial charge < -0.3 is 10.1 Å². The minimum atomic E-state index is -0.411. The molecule has 0 aliphatic heterocycles. The summed E-state index contributed by atoms with van der Waals surface area (Å²) in [4.78, 5) is 13.9. The Kier molecular flexibility index (Phi) is 7.93. The number of hydrogen-bond donors (Lipinski definition) is 1. The highest BCUT2D eigenvalue weighted by Crippen LogP contribution is 2.37. The summed E-state index contributed by atoms with van der Waals surface area (Å²) in [5, 5.41) is 22.9. The molecule has 1 N–H and O–H groups in total. The van der Waals surface area contributed by atoms with Gasteiger partial charge in [-0.15, -0.1) is 28.1 Å². The zero-order valence-corrected chi connectivity index (χ0v) is 21.1. The second-order valence-electron chi connectivity index (χ2n) is 7.79. The third-order valence-corrected chi connectivity index (χ3v) is 7.92. The molecule has 34 heavy (non-hydrogen) atoms. The van der Waals surface area contributed by atoms with E-state index in [4.69, 9.17) is 16.3 Å². The highest BCUT2D eigenvalue weighted by molar-refractivity contribution is 7.99. The summed E-state index contributed by atoms with van der Waals surface area (Å²) >= 11 is 9.02. The van der Waals surface area contributed by atoms with Gasteiger partial charge in [0.1, 0.15) is 16.8 Å². The lowest BCUT2D eigenvalue weighted by atomic mass is 9.96. The van der Waals surface area contributed by atoms with E-state index in [0.717, 1.165) is 31.2 Å². The van der Waals surface area contributed by atoms with Crippen LogP contribution in [-0.2, 0) is 24.2 Å². The molecule has 1 aliphatic rings. The number of nitrogens with zero attached hydrogens (tertiary/aromatic N) is 4. The summed E-state index contributed by atoms with van der Waals surface area (Å²) in [6.45, 7) is 6.16. The van der Waals surface area contributed by atoms with Crippen LogP contribution in [-0.4, -0.2) is 26.4 Å². The lowest BCUT2D eigenvalue weighted by Gasteiger charge is -2.16. The Morgan fingerprint density at radius 3 is 2.97 bits per heavy atom. The molecule has 2 heterocycles. The van der Waals surface area contributed by atoms with E-state index in [1.54, 1.807) is 18.2 Å². The zero-order chi connectivity index (χ0) is 24.1. The minimum Gasteiger partial charge on any atom is -0.481 e. The van der Waals surface area contributed by atoms with Crippen molar-refractivity contribution in [3.63, 3.8) is 0 Å². The highest BCUT2D eigenvalue weighted by Gasteiger charge is 2.23. The molecule has 1 amide bonds. The van der Waals surface area contributed by atoms with Gasteiger partial charge in [-0.2, -0.15) is 5.26 Å². The smallest absolute Gasteiger partial charge is 0.235 e. The number of thioether (sulfide) groups is 1. The summed E-state index contributed by atoms with van der Waals surface area (Å²) in [5.74, 6) is 1.13. The zero-order valence-electron chi connectivity index (χ0n) is 18.7. The summed E-state index contributed by atoms with van der Waals surface area (Å²) in [6.07, 6.45) is 5.42. The predicted molar refractivity (Wildman–Crippen MR) is 136 cm³/mol. The number of nitriles is 1. The number of rotatable bonds is 9. The van der Waals surface area contributed by atoms with Crippen molar-refractivity contribution in [2.75, 3.05) is 11.1 Å². The van der Waals surface area contributed by atoms with E-state index in [1.165, 1.54) is 28.0 Å². The number of hydrogen-bond acceptors (Lipinski definition) is 7. The minimum absolute atomic E-state index is 0.141. The van der Waals surface area contributed by atoms with Crippen LogP contribution < -0.4 is 10.1 Å². The number of anilines is 1. The van der Waals surface area contributed by atoms with Crippen LogP contribution >= 0.6 is 34.7 Å². The first-order valence-electron chi connectivity index (χ1n) is 10.9. The maximum Gasteiger partial charge on any atom is 0.235 e. The molecule has 0 saturated carbocycles. The number of carbonyl (C=O) groups excluding carboxylic acids is 1. The number of amides is 1. The van der Waals surface area contributed by atoms with E-state index in [2.05, 4.69) is 28.2 Å². The Morgan fingerprint density at radius 1 is 1.41 bits per heavy atom. The van der Waals surface area contributed by atoms with Crippen molar-refractivity contribution in [2.45, 2.75) is 50.4 Å². The maximum atomic E-state index is 12.7. The molecular formula is C24H24ClN5O2S2. The lowest BCUT2D eigenvalue weighted by Crippen LogP contribution is -2.15. The van der Waals surface area contributed by atoms with Gasteiger partial charge in [-0.25, -0.2) is 0 Å². The number of aryl methyl sites for hydroxylation is 1. The van der Waals surface area contributed by atoms with Crippen LogP contribution in [0, 0.1) is 11.3 Å². The first-order valence-corrected chi connectivity index (χ1v) is 13.1. The Hall–Kier alpha value is -2.80. The van der Waals surface area contributed by atoms with Crippen LogP contribution in [0.5, 0.6) is 5.75 Å². The van der Waals surface area contributed by atoms with Gasteiger partial charge in [-0.05, 0) is 50.3 Å². The van der Waals surface area contributed by atoms with Crippen LogP contribution in [0.4, 0.5) is 5.00 Å². The quantitative estimate of drug-likeness (QED) is 0.287. The van der Waals surface area contributed by atoms with Crippen LogP contribution in [0.15, 0.2) is 42.1 Å². The molecule has 176 valence electrons. The molecule has 1 atom stereocenters. The van der Waals surface area contributed by atoms with Gasteiger partial charge in [0.25, 0.3) is 0 Å². The third-order valence-electron chi connectivity index (χ3n) is 5.43. The van der Waals surface area contributed by atoms with Gasteiger partial charge in [0.05, 0.1) is 16.3 Å². The number of nitrogens with one attached hydrogen (secondary N) is 1. The van der Waals surface area contributed by atoms with E-state index in [1.807, 2.05) is 23.6 Å². The molecule has 0 bridgehead atoms. The molecular weight excluding hydrogens is 490 g/mol. The molecule has 4 rings (SSSR count). The molecule has 2 aromatic heterocycles. The molecule has 1 aromatic carbocycles. The van der Waals surface area contributed by atoms with Crippen molar-refractivity contribution < 1.29 is 9.53 Å². The maximum absolute atomic E-state index is 12.7. The summed E-state index contributed by atoms with van der Waals surface area (Å²) in [5.41, 5.74) is 1.71. The number of benzene rings is 1. The fraction of sp³-hybridized carbons (Fsp3) is 0.333. The van der Waals surface area contributed by atoms with E-state index >= 15 is 0 Å². The average Bonchev–Trinajstić information content (AvgIpc) is 3.39. The van der Waals surface area contributed by atoms with Crippen molar-refractivity contribution in [2.24, 2.45) is 0 Å². The Labute approximate surface area is 211 Å². The highest BCUT2D eigenvalue weighted by atomic mass is 35.5. The van der Waals surface area contributed by atoms with Crippen molar-refractivity contribution in [3.8, 4) is 11.8 Å². The summed E-state index contributed by atoms with van der Waals surface area (Å²) < 4.78 is 7.87. The Bertz CT molecular complexity index is 1250. The number of aromatic nitrogens is 3. The average molecular weight is 514 g/mol. The number of thiophene rings is 1. The Balaban J connectivity index is 1.44. The van der Waals surface area contributed by atoms with Crippen LogP contribution in [0.1, 0.15) is 47.7 Å². The summed E-state index contributed by atoms with van der Waals surface area (Å²) in [7, 11) is 0. The number of para-hydroxylation sites is 1. The normalized spacial score (nSPS) is 13.6. The van der Waals surface area contributed by atoms with Gasteiger partial charge in [0.2, 0.25) is 5.91 Å². The number of ether oxygens (including phenoxy) is 1. The van der Waals surface area contributed by atoms with Gasteiger partial charge in [-0.1, -0.05) is 41.6 Å². The number of fused-ring (bicyclic) bond motifs is 1. The Morgan fingerprint density at radius 2 is 2.21 bits per heavy atom. The van der Waals surface area contributed by atoms with Crippen molar-refractivity contribution in [1.29, 1.82) is 5.26 Å². The third kappa shape index (κ3) is 5.30. The van der Waals surface area contributed by atoms with Crippen molar-refractivity contribution >= 4 is 45.6 Å². The van der Waals surface area contributed by atoms with Gasteiger partial charge in [-0.3, -0.25) is 9.36 Å². The standard InChI is InChI=1S/C24H24ClN5O2S2/c1-3-12-30-22(15(2)32-19-10-6-5-9-18(19)25)28-29-24(30)33-14-21(31)27-23-17(13-26)16-8-4-7-11-20(16)34-23/h3,5-6,9-10,15H,1,4,7-8,11-12,14H2,2H3,(H,27,31). The topological polar surface area (TPSA) is 92.8 Å². The monoisotopic (exact) mass is 513 g/mol. The molecule has 1 unspecified atom stereocenters. The molecule has 7 nitrogen and oxygen atoms in total. The summed E-state index contributed by atoms with van der Waals surface area (Å²) in [6, 6.07) is 9.53. The van der Waals surface area contributed by atoms with Gasteiger partial charge in [0, 0.05) is 11.4 Å². The molecule has 0 radical (unpaired) electrons. The molecule has 0 fully saturated rings. The second kappa shape index (κ2) is 11.1. The molecule has 0 saturated heterocycles. The first-order chi connectivity index (χ1) is 16.5. The second-order valence-corrected chi connectivity index (χ2v) is 10.2. The fourth-order valence-corrected chi connectivity index (χ4v) is 6.05. The molecule has 1 aliphatic carbocycles. The van der Waals surface area contributed by atoms with Crippen LogP contribution in [0.3, 0.4) is 0 Å². The van der Waals surface area contributed by atoms with Crippen LogP contribution in [0.25, 0.3) is 0 Å². The fourth-order valence-electron chi connectivity index (χ4n) is 3.86. The molecule has 10 heteroatoms. The number of halogens is 1. The van der Waals surface area contributed by atoms with Crippen molar-refractivity contribution in [1.82, 2.24) is 14.8 Å². The van der Waals surface area contributed by atoms with E-state index in [0.29, 0.717) is 38.9 Å². The number of carbonyl (C=O) groups is 1. The largest absolute Gasteiger partial charge is 0.481 e. The first kappa shape index (κ1) is 24.3.